The molecule has 3 rings (SSSR count). The molecule has 2 aromatic heterocycles. The van der Waals surface area contributed by atoms with Crippen LogP contribution in [0.15, 0.2) is 42.9 Å². The molecule has 0 aliphatic carbocycles. The first-order chi connectivity index (χ1) is 9.35. The fourth-order valence-corrected chi connectivity index (χ4v) is 2.32. The van der Waals surface area contributed by atoms with E-state index < -0.39 is 0 Å². The largest absolute Gasteiger partial charge is 0.496 e. The molecule has 0 N–H and O–H groups in total. The molecule has 1 aromatic carbocycles. The molecule has 19 heavy (non-hydrogen) atoms. The fraction of sp³-hybridized carbons (Fsp3) is 0.200. The monoisotopic (exact) mass is 253 g/mol. The Hall–Kier alpha value is -2.36. The second-order valence-corrected chi connectivity index (χ2v) is 4.26. The second-order valence-electron chi connectivity index (χ2n) is 4.26. The van der Waals surface area contributed by atoms with Crippen LogP contribution < -0.4 is 4.74 Å². The van der Waals surface area contributed by atoms with Crippen molar-refractivity contribution in [3.8, 4) is 11.6 Å². The van der Waals surface area contributed by atoms with Crippen LogP contribution in [0, 0.1) is 0 Å². The van der Waals surface area contributed by atoms with E-state index in [4.69, 9.17) is 4.74 Å². The van der Waals surface area contributed by atoms with Crippen molar-refractivity contribution in [2.75, 3.05) is 7.11 Å². The Labute approximate surface area is 111 Å². The molecule has 2 heterocycles. The summed E-state index contributed by atoms with van der Waals surface area (Å²) in [6, 6.07) is 7.97. The van der Waals surface area contributed by atoms with E-state index in [9.17, 15) is 0 Å². The Kier molecular flexibility index (Phi) is 2.91. The van der Waals surface area contributed by atoms with Gasteiger partial charge in [0.2, 0.25) is 0 Å². The summed E-state index contributed by atoms with van der Waals surface area (Å²) in [5.41, 5.74) is 0. The van der Waals surface area contributed by atoms with Crippen molar-refractivity contribution in [3.63, 3.8) is 0 Å². The van der Waals surface area contributed by atoms with E-state index in [0.29, 0.717) is 0 Å². The molecule has 0 radical (unpaired) electrons. The number of imidazole rings is 1. The summed E-state index contributed by atoms with van der Waals surface area (Å²) < 4.78 is 7.43. The summed E-state index contributed by atoms with van der Waals surface area (Å²) in [6.07, 6.45) is 6.42. The molecule has 0 amide bonds. The zero-order valence-corrected chi connectivity index (χ0v) is 11.0. The van der Waals surface area contributed by atoms with E-state index in [0.717, 1.165) is 34.6 Å². The normalized spacial score (nSPS) is 10.8. The van der Waals surface area contributed by atoms with E-state index in [1.807, 2.05) is 29.0 Å². The molecule has 4 heteroatoms. The topological polar surface area (TPSA) is 39.9 Å². The lowest BCUT2D eigenvalue weighted by molar-refractivity contribution is 0.420. The van der Waals surface area contributed by atoms with Crippen LogP contribution in [-0.2, 0) is 6.42 Å². The molecule has 3 aromatic rings. The predicted octanol–water partition coefficient (Wildman–Crippen LogP) is 2.99. The van der Waals surface area contributed by atoms with Gasteiger partial charge in [-0.05, 0) is 12.1 Å². The smallest absolute Gasteiger partial charge is 0.146 e. The minimum absolute atomic E-state index is 0.860. The summed E-state index contributed by atoms with van der Waals surface area (Å²) in [5.74, 6) is 2.76. The van der Waals surface area contributed by atoms with Crippen LogP contribution in [0.3, 0.4) is 0 Å². The molecular weight excluding hydrogens is 238 g/mol. The lowest BCUT2D eigenvalue weighted by Crippen LogP contribution is -2.02. The van der Waals surface area contributed by atoms with Crippen LogP contribution in [0.5, 0.6) is 5.75 Å². The van der Waals surface area contributed by atoms with E-state index in [-0.39, 0.29) is 0 Å². The molecule has 0 aliphatic rings. The lowest BCUT2D eigenvalue weighted by atomic mass is 10.1. The summed E-state index contributed by atoms with van der Waals surface area (Å²) in [6.45, 7) is 2.09. The molecule has 0 atom stereocenters. The maximum atomic E-state index is 5.40. The van der Waals surface area contributed by atoms with Crippen molar-refractivity contribution in [2.24, 2.45) is 0 Å². The van der Waals surface area contributed by atoms with E-state index in [2.05, 4.69) is 23.0 Å². The highest BCUT2D eigenvalue weighted by Gasteiger charge is 2.10. The Morgan fingerprint density at radius 3 is 2.79 bits per heavy atom. The van der Waals surface area contributed by atoms with Gasteiger partial charge in [0.15, 0.2) is 0 Å². The highest BCUT2D eigenvalue weighted by Crippen LogP contribution is 2.28. The molecular formula is C15H15N3O. The van der Waals surface area contributed by atoms with E-state index in [1.165, 1.54) is 0 Å². The number of pyridine rings is 1. The third-order valence-electron chi connectivity index (χ3n) is 3.23. The van der Waals surface area contributed by atoms with Gasteiger partial charge in [-0.3, -0.25) is 4.57 Å². The maximum absolute atomic E-state index is 5.40. The van der Waals surface area contributed by atoms with Crippen LogP contribution in [0.25, 0.3) is 16.6 Å². The zero-order valence-electron chi connectivity index (χ0n) is 11.0. The van der Waals surface area contributed by atoms with Gasteiger partial charge in [-0.1, -0.05) is 19.1 Å². The van der Waals surface area contributed by atoms with Gasteiger partial charge >= 0.3 is 0 Å². The molecule has 0 saturated carbocycles. The number of methoxy groups -OCH3 is 1. The first kappa shape index (κ1) is 11.7. The van der Waals surface area contributed by atoms with Gasteiger partial charge in [-0.15, -0.1) is 0 Å². The van der Waals surface area contributed by atoms with Gasteiger partial charge in [0.05, 0.1) is 7.11 Å². The number of hydrogen-bond donors (Lipinski definition) is 0. The number of nitrogens with zero attached hydrogens (tertiary/aromatic N) is 3. The Balaban J connectivity index is 2.31. The minimum Gasteiger partial charge on any atom is -0.496 e. The Bertz CT molecular complexity index is 718. The average molecular weight is 253 g/mol. The lowest BCUT2D eigenvalue weighted by Gasteiger charge is -2.11. The van der Waals surface area contributed by atoms with Crippen molar-refractivity contribution in [3.05, 3.63) is 48.7 Å². The van der Waals surface area contributed by atoms with Crippen molar-refractivity contribution in [2.45, 2.75) is 13.3 Å². The van der Waals surface area contributed by atoms with E-state index in [1.54, 1.807) is 19.5 Å². The number of rotatable bonds is 3. The first-order valence-corrected chi connectivity index (χ1v) is 6.29. The average Bonchev–Trinajstić information content (AvgIpc) is 2.94. The number of hydrogen-bond acceptors (Lipinski definition) is 3. The molecule has 0 unspecified atom stereocenters. The van der Waals surface area contributed by atoms with Crippen molar-refractivity contribution in [1.82, 2.24) is 14.5 Å². The predicted molar refractivity (Wildman–Crippen MR) is 74.8 cm³/mol. The molecule has 4 nitrogen and oxygen atoms in total. The highest BCUT2D eigenvalue weighted by molar-refractivity contribution is 5.93. The van der Waals surface area contributed by atoms with Crippen molar-refractivity contribution < 1.29 is 4.74 Å². The minimum atomic E-state index is 0.860. The van der Waals surface area contributed by atoms with Gasteiger partial charge in [-0.2, -0.15) is 0 Å². The van der Waals surface area contributed by atoms with Crippen LogP contribution in [0.1, 0.15) is 12.7 Å². The summed E-state index contributed by atoms with van der Waals surface area (Å²) in [4.78, 5) is 8.85. The number of aromatic nitrogens is 3. The van der Waals surface area contributed by atoms with Gasteiger partial charge in [-0.25, -0.2) is 9.97 Å². The van der Waals surface area contributed by atoms with Gasteiger partial charge in [0.25, 0.3) is 0 Å². The fourth-order valence-electron chi connectivity index (χ4n) is 2.32. The van der Waals surface area contributed by atoms with Crippen LogP contribution in [0.4, 0.5) is 0 Å². The zero-order chi connectivity index (χ0) is 13.2. The third-order valence-corrected chi connectivity index (χ3v) is 3.23. The standard InChI is InChI=1S/C15H15N3O/c1-3-14-16-9-10-18(14)15-12-5-4-6-13(19-2)11(12)7-8-17-15/h4-10H,3H2,1-2H3. The van der Waals surface area contributed by atoms with Gasteiger partial charge in [0.1, 0.15) is 17.4 Å². The molecule has 0 aliphatic heterocycles. The molecule has 0 fully saturated rings. The quantitative estimate of drug-likeness (QED) is 0.720. The molecule has 0 bridgehead atoms. The summed E-state index contributed by atoms with van der Waals surface area (Å²) in [5, 5.41) is 2.13. The number of ether oxygens (including phenoxy) is 1. The highest BCUT2D eigenvalue weighted by atomic mass is 16.5. The number of benzene rings is 1. The van der Waals surface area contributed by atoms with Gasteiger partial charge < -0.3 is 4.74 Å². The maximum Gasteiger partial charge on any atom is 0.146 e. The number of aryl methyl sites for hydroxylation is 1. The molecule has 0 saturated heterocycles. The first-order valence-electron chi connectivity index (χ1n) is 6.29. The van der Waals surface area contributed by atoms with Crippen LogP contribution >= 0.6 is 0 Å². The van der Waals surface area contributed by atoms with Crippen molar-refractivity contribution >= 4 is 10.8 Å². The summed E-state index contributed by atoms with van der Waals surface area (Å²) in [7, 11) is 1.68. The van der Waals surface area contributed by atoms with Crippen molar-refractivity contribution in [1.29, 1.82) is 0 Å². The summed E-state index contributed by atoms with van der Waals surface area (Å²) >= 11 is 0. The molecule has 96 valence electrons. The third kappa shape index (κ3) is 1.85. The van der Waals surface area contributed by atoms with Crippen LogP contribution in [0.2, 0.25) is 0 Å². The molecule has 0 spiro atoms. The van der Waals surface area contributed by atoms with Gasteiger partial charge in [0, 0.05) is 35.8 Å². The SMILES string of the molecule is CCc1nccn1-c1nccc2c(OC)cccc12. The van der Waals surface area contributed by atoms with E-state index >= 15 is 0 Å². The van der Waals surface area contributed by atoms with Crippen LogP contribution in [-0.4, -0.2) is 21.6 Å². The second kappa shape index (κ2) is 4.72. The number of fused-ring (bicyclic) bond motifs is 1. The Morgan fingerprint density at radius 1 is 1.11 bits per heavy atom. The Morgan fingerprint density at radius 2 is 2.00 bits per heavy atom.